The second-order valence-corrected chi connectivity index (χ2v) is 4.46. The van der Waals surface area contributed by atoms with E-state index in [9.17, 15) is 19.8 Å². The summed E-state index contributed by atoms with van der Waals surface area (Å²) in [7, 11) is 0. The predicted octanol–water partition coefficient (Wildman–Crippen LogP) is 3.87. The van der Waals surface area contributed by atoms with E-state index in [4.69, 9.17) is 0 Å². The van der Waals surface area contributed by atoms with Crippen molar-refractivity contribution in [3.8, 4) is 11.5 Å². The van der Waals surface area contributed by atoms with Gasteiger partial charge in [-0.2, -0.15) is 0 Å². The largest absolute Gasteiger partial charge is 0.504 e. The van der Waals surface area contributed by atoms with Crippen molar-refractivity contribution in [1.82, 2.24) is 0 Å². The molecule has 0 aliphatic carbocycles. The number of carbonyl (C=O) groups is 2. The number of aromatic hydroxyl groups is 2. The highest BCUT2D eigenvalue weighted by Gasteiger charge is 2.17. The highest BCUT2D eigenvalue weighted by Crippen LogP contribution is 2.40. The maximum Gasteiger partial charge on any atom is 0.166 e. The maximum absolute atomic E-state index is 11.4. The van der Waals surface area contributed by atoms with E-state index in [1.165, 1.54) is 12.1 Å². The first kappa shape index (κ1) is 17.8. The molecule has 0 aliphatic rings. The van der Waals surface area contributed by atoms with Gasteiger partial charge in [-0.25, -0.2) is 0 Å². The molecule has 3 aromatic carbocycles. The molecule has 4 nitrogen and oxygen atoms in total. The van der Waals surface area contributed by atoms with Gasteiger partial charge in [-0.05, 0) is 28.3 Å². The molecule has 114 valence electrons. The Hall–Kier alpha value is -2.30. The molecule has 0 aromatic heterocycles. The van der Waals surface area contributed by atoms with Gasteiger partial charge in [0.2, 0.25) is 0 Å². The number of phenolic OH excluding ortho intramolecular Hbond substituents is 2. The Labute approximate surface area is 138 Å². The summed E-state index contributed by atoms with van der Waals surface area (Å²) < 4.78 is 0. The minimum absolute atomic E-state index is 0. The summed E-state index contributed by atoms with van der Waals surface area (Å²) in [6.07, 6.45) is 1.31. The summed E-state index contributed by atoms with van der Waals surface area (Å²) in [6.45, 7) is 0. The van der Waals surface area contributed by atoms with Crippen molar-refractivity contribution in [2.75, 3.05) is 0 Å². The second kappa shape index (κ2) is 6.64. The number of halogens is 2. The third-order valence-corrected chi connectivity index (χ3v) is 3.46. The molecule has 0 radical (unpaired) electrons. The van der Waals surface area contributed by atoms with E-state index < -0.39 is 5.75 Å². The number of phenols is 2. The Bertz CT molecular complexity index is 875. The van der Waals surface area contributed by atoms with Crippen LogP contribution in [0.15, 0.2) is 36.4 Å². The molecule has 0 aliphatic heterocycles. The number of rotatable bonds is 2. The van der Waals surface area contributed by atoms with Crippen LogP contribution in [0.3, 0.4) is 0 Å². The molecule has 0 saturated carbocycles. The van der Waals surface area contributed by atoms with E-state index >= 15 is 0 Å². The summed E-state index contributed by atoms with van der Waals surface area (Å²) in [5, 5.41) is 21.5. The summed E-state index contributed by atoms with van der Waals surface area (Å²) in [5.74, 6) is -0.716. The SMILES string of the molecule is Cl.Cl.O=Cc1c2ccccc2c(C=O)c2c(O)c(O)ccc12. The Morgan fingerprint density at radius 1 is 0.727 bits per heavy atom. The Kier molecular flexibility index (Phi) is 5.36. The molecule has 0 bridgehead atoms. The highest BCUT2D eigenvalue weighted by atomic mass is 35.5. The van der Waals surface area contributed by atoms with Gasteiger partial charge in [0.05, 0.1) is 0 Å². The maximum atomic E-state index is 11.4. The zero-order chi connectivity index (χ0) is 14.3. The summed E-state index contributed by atoms with van der Waals surface area (Å²) in [5.41, 5.74) is 0.645. The van der Waals surface area contributed by atoms with Crippen LogP contribution in [0.2, 0.25) is 0 Å². The lowest BCUT2D eigenvalue weighted by Crippen LogP contribution is -1.94. The molecule has 0 unspecified atom stereocenters. The summed E-state index contributed by atoms with van der Waals surface area (Å²) >= 11 is 0. The smallest absolute Gasteiger partial charge is 0.166 e. The van der Waals surface area contributed by atoms with Crippen molar-refractivity contribution in [2.45, 2.75) is 0 Å². The summed E-state index contributed by atoms with van der Waals surface area (Å²) in [4.78, 5) is 22.8. The zero-order valence-corrected chi connectivity index (χ0v) is 12.8. The molecule has 0 saturated heterocycles. The van der Waals surface area contributed by atoms with Gasteiger partial charge >= 0.3 is 0 Å². The van der Waals surface area contributed by atoms with Crippen LogP contribution in [0.5, 0.6) is 11.5 Å². The average Bonchev–Trinajstić information content (AvgIpc) is 2.48. The van der Waals surface area contributed by atoms with Crippen LogP contribution >= 0.6 is 24.8 Å². The van der Waals surface area contributed by atoms with Gasteiger partial charge in [-0.15, -0.1) is 24.8 Å². The van der Waals surface area contributed by atoms with Gasteiger partial charge in [-0.3, -0.25) is 9.59 Å². The molecule has 0 heterocycles. The van der Waals surface area contributed by atoms with Crippen molar-refractivity contribution in [2.24, 2.45) is 0 Å². The number of benzene rings is 3. The minimum atomic E-state index is -0.390. The fourth-order valence-electron chi connectivity index (χ4n) is 2.56. The van der Waals surface area contributed by atoms with E-state index in [0.717, 1.165) is 0 Å². The van der Waals surface area contributed by atoms with Crippen LogP contribution in [0.4, 0.5) is 0 Å². The Morgan fingerprint density at radius 2 is 1.27 bits per heavy atom. The van der Waals surface area contributed by atoms with Crippen molar-refractivity contribution in [1.29, 1.82) is 0 Å². The first-order valence-corrected chi connectivity index (χ1v) is 5.98. The monoisotopic (exact) mass is 338 g/mol. The van der Waals surface area contributed by atoms with E-state index in [1.54, 1.807) is 24.3 Å². The molecule has 0 atom stereocenters. The van der Waals surface area contributed by atoms with E-state index in [-0.39, 0.29) is 41.5 Å². The average molecular weight is 339 g/mol. The number of carbonyl (C=O) groups excluding carboxylic acids is 2. The zero-order valence-electron chi connectivity index (χ0n) is 11.1. The van der Waals surface area contributed by atoms with Gasteiger partial charge in [0.25, 0.3) is 0 Å². The highest BCUT2D eigenvalue weighted by molar-refractivity contribution is 6.21. The Morgan fingerprint density at radius 3 is 1.82 bits per heavy atom. The number of aldehydes is 2. The van der Waals surface area contributed by atoms with Crippen LogP contribution < -0.4 is 0 Å². The minimum Gasteiger partial charge on any atom is -0.504 e. The van der Waals surface area contributed by atoms with Crippen LogP contribution in [0.25, 0.3) is 21.5 Å². The quantitative estimate of drug-likeness (QED) is 0.422. The lowest BCUT2D eigenvalue weighted by Gasteiger charge is -2.12. The first-order chi connectivity index (χ1) is 9.69. The van der Waals surface area contributed by atoms with Crippen molar-refractivity contribution in [3.63, 3.8) is 0 Å². The van der Waals surface area contributed by atoms with Crippen LogP contribution in [0, 0.1) is 0 Å². The third kappa shape index (κ3) is 2.36. The van der Waals surface area contributed by atoms with Crippen molar-refractivity contribution >= 4 is 58.9 Å². The van der Waals surface area contributed by atoms with Gasteiger partial charge in [-0.1, -0.05) is 24.3 Å². The van der Waals surface area contributed by atoms with Crippen LogP contribution in [-0.2, 0) is 0 Å². The standard InChI is InChI=1S/C16H10O4.2ClH/c17-7-12-9-3-1-2-4-10(9)13(8-18)15-11(12)5-6-14(19)16(15)20;;/h1-8,19-20H;2*1H. The first-order valence-electron chi connectivity index (χ1n) is 5.98. The molecular weight excluding hydrogens is 327 g/mol. The van der Waals surface area contributed by atoms with Crippen molar-refractivity contribution < 1.29 is 19.8 Å². The molecule has 0 spiro atoms. The van der Waals surface area contributed by atoms with E-state index in [0.29, 0.717) is 34.3 Å². The number of fused-ring (bicyclic) bond motifs is 2. The van der Waals surface area contributed by atoms with Crippen LogP contribution in [-0.4, -0.2) is 22.8 Å². The van der Waals surface area contributed by atoms with Gasteiger partial charge in [0.15, 0.2) is 24.1 Å². The van der Waals surface area contributed by atoms with E-state index in [1.807, 2.05) is 0 Å². The van der Waals surface area contributed by atoms with Gasteiger partial charge in [0, 0.05) is 16.5 Å². The Balaban J connectivity index is 0.00000121. The molecular formula is C16H12Cl2O4. The van der Waals surface area contributed by atoms with Crippen molar-refractivity contribution in [3.05, 3.63) is 47.5 Å². The predicted molar refractivity (Wildman–Crippen MR) is 90.1 cm³/mol. The molecule has 2 N–H and O–H groups in total. The normalized spacial score (nSPS) is 9.82. The molecule has 3 aromatic rings. The lowest BCUT2D eigenvalue weighted by atomic mass is 9.92. The summed E-state index contributed by atoms with van der Waals surface area (Å²) in [6, 6.07) is 9.79. The molecule has 3 rings (SSSR count). The lowest BCUT2D eigenvalue weighted by molar-refractivity contribution is 0.111. The molecule has 0 amide bonds. The topological polar surface area (TPSA) is 74.6 Å². The van der Waals surface area contributed by atoms with Crippen LogP contribution in [0.1, 0.15) is 20.7 Å². The fourth-order valence-corrected chi connectivity index (χ4v) is 2.56. The van der Waals surface area contributed by atoms with Gasteiger partial charge < -0.3 is 10.2 Å². The number of hydrogen-bond donors (Lipinski definition) is 2. The number of hydrogen-bond acceptors (Lipinski definition) is 4. The third-order valence-electron chi connectivity index (χ3n) is 3.46. The van der Waals surface area contributed by atoms with Gasteiger partial charge in [0.1, 0.15) is 0 Å². The second-order valence-electron chi connectivity index (χ2n) is 4.46. The molecule has 6 heteroatoms. The fraction of sp³-hybridized carbons (Fsp3) is 0. The molecule has 22 heavy (non-hydrogen) atoms. The van der Waals surface area contributed by atoms with E-state index in [2.05, 4.69) is 0 Å². The molecule has 0 fully saturated rings.